The summed E-state index contributed by atoms with van der Waals surface area (Å²) in [6.07, 6.45) is 7.99. The van der Waals surface area contributed by atoms with Gasteiger partial charge in [0.15, 0.2) is 8.32 Å². The van der Waals surface area contributed by atoms with Crippen molar-refractivity contribution in [1.29, 1.82) is 0 Å². The van der Waals surface area contributed by atoms with Crippen LogP contribution in [0.1, 0.15) is 34.1 Å². The molecule has 0 saturated carbocycles. The first-order valence-corrected chi connectivity index (χ1v) is 9.85. The minimum Gasteiger partial charge on any atom is -0.410 e. The molecule has 20 heavy (non-hydrogen) atoms. The zero-order valence-electron chi connectivity index (χ0n) is 13.8. The first-order chi connectivity index (χ1) is 9.14. The minimum atomic E-state index is -1.81. The summed E-state index contributed by atoms with van der Waals surface area (Å²) in [7, 11) is -0.396. The summed E-state index contributed by atoms with van der Waals surface area (Å²) < 4.78 is 6.32. The van der Waals surface area contributed by atoms with Crippen LogP contribution in [0.3, 0.4) is 0 Å². The Balaban J connectivity index is 4.64. The Hall–Kier alpha value is -0.913. The van der Waals surface area contributed by atoms with Gasteiger partial charge >= 0.3 is 0 Å². The number of nitrogens with one attached hydrogen (secondary N) is 1. The Bertz CT molecular complexity index is 357. The van der Waals surface area contributed by atoms with Gasteiger partial charge in [0, 0.05) is 6.08 Å². The highest BCUT2D eigenvalue weighted by molar-refractivity contribution is 6.74. The van der Waals surface area contributed by atoms with E-state index in [2.05, 4.69) is 44.2 Å². The topological polar surface area (TPSA) is 47.6 Å². The number of amides is 1. The second-order valence-electron chi connectivity index (χ2n) is 6.25. The maximum atomic E-state index is 11.3. The molecule has 0 heterocycles. The van der Waals surface area contributed by atoms with Gasteiger partial charge < -0.3 is 4.43 Å². The van der Waals surface area contributed by atoms with Crippen molar-refractivity contribution in [2.45, 2.75) is 58.4 Å². The number of allylic oxidation sites excluding steroid dienone is 1. The molecule has 0 aliphatic carbocycles. The third kappa shape index (κ3) is 7.03. The highest BCUT2D eigenvalue weighted by Gasteiger charge is 2.38. The molecule has 0 aromatic carbocycles. The molecule has 0 aliphatic heterocycles. The van der Waals surface area contributed by atoms with Crippen molar-refractivity contribution in [3.05, 3.63) is 24.3 Å². The Kier molecular flexibility index (Phi) is 8.01. The fourth-order valence-corrected chi connectivity index (χ4v) is 2.66. The molecule has 1 N–H and O–H groups in total. The number of rotatable bonds is 7. The minimum absolute atomic E-state index is 0.00693. The van der Waals surface area contributed by atoms with Gasteiger partial charge in [0.05, 0.1) is 13.2 Å². The van der Waals surface area contributed by atoms with E-state index < -0.39 is 8.32 Å². The second kappa shape index (κ2) is 8.39. The van der Waals surface area contributed by atoms with Crippen molar-refractivity contribution in [2.24, 2.45) is 0 Å². The summed E-state index contributed by atoms with van der Waals surface area (Å²) in [4.78, 5) is 15.8. The predicted octanol–water partition coefficient (Wildman–Crippen LogP) is 3.58. The summed E-state index contributed by atoms with van der Waals surface area (Å²) in [5, 5.41) is 0.171. The largest absolute Gasteiger partial charge is 0.410 e. The van der Waals surface area contributed by atoms with Crippen molar-refractivity contribution in [1.82, 2.24) is 5.48 Å². The van der Waals surface area contributed by atoms with Crippen molar-refractivity contribution in [3.8, 4) is 0 Å². The van der Waals surface area contributed by atoms with Crippen LogP contribution in [0.15, 0.2) is 24.3 Å². The van der Waals surface area contributed by atoms with Crippen LogP contribution in [0.5, 0.6) is 0 Å². The van der Waals surface area contributed by atoms with Crippen molar-refractivity contribution in [2.75, 3.05) is 7.11 Å². The second-order valence-corrected chi connectivity index (χ2v) is 11.0. The molecular formula is C15H29NO3Si. The normalized spacial score (nSPS) is 14.9. The smallest absolute Gasteiger partial charge is 0.267 e. The molecule has 0 saturated heterocycles. The highest BCUT2D eigenvalue weighted by atomic mass is 28.4. The lowest BCUT2D eigenvalue weighted by Crippen LogP contribution is -2.43. The Morgan fingerprint density at radius 3 is 2.40 bits per heavy atom. The first-order valence-electron chi connectivity index (χ1n) is 6.94. The Labute approximate surface area is 124 Å². The monoisotopic (exact) mass is 299 g/mol. The number of carbonyl (C=O) groups excluding carboxylic acids is 1. The third-order valence-electron chi connectivity index (χ3n) is 3.50. The number of hydrogen-bond acceptors (Lipinski definition) is 3. The standard InChI is InChI=1S/C15H29NO3Si/c1-8-10-13(11-9-12-14(17)16-18-5)19-20(6,7)15(2,3)4/h8-10,12-13H,11H2,1-7H3,(H,16,17)/b10-8+,12-9+/t13-/m1/s1. The van der Waals surface area contributed by atoms with Crippen LogP contribution in [0.4, 0.5) is 0 Å². The maximum absolute atomic E-state index is 11.3. The van der Waals surface area contributed by atoms with Gasteiger partial charge in [-0.1, -0.05) is 39.0 Å². The average molecular weight is 299 g/mol. The van der Waals surface area contributed by atoms with Crippen LogP contribution in [0.2, 0.25) is 18.1 Å². The van der Waals surface area contributed by atoms with E-state index in [1.807, 2.05) is 25.2 Å². The summed E-state index contributed by atoms with van der Waals surface area (Å²) in [5.74, 6) is -0.265. The summed E-state index contributed by atoms with van der Waals surface area (Å²) in [6, 6.07) is 0. The van der Waals surface area contributed by atoms with E-state index in [4.69, 9.17) is 4.43 Å². The maximum Gasteiger partial charge on any atom is 0.267 e. The summed E-state index contributed by atoms with van der Waals surface area (Å²) in [6.45, 7) is 13.1. The first kappa shape index (κ1) is 19.1. The van der Waals surface area contributed by atoms with Gasteiger partial charge in [-0.05, 0) is 31.5 Å². The van der Waals surface area contributed by atoms with Crippen LogP contribution in [0.25, 0.3) is 0 Å². The molecule has 0 fully saturated rings. The molecule has 0 aromatic heterocycles. The lowest BCUT2D eigenvalue weighted by molar-refractivity contribution is -0.126. The molecular weight excluding hydrogens is 270 g/mol. The zero-order valence-corrected chi connectivity index (χ0v) is 14.8. The van der Waals surface area contributed by atoms with Gasteiger partial charge in [-0.3, -0.25) is 9.63 Å². The van der Waals surface area contributed by atoms with E-state index in [0.717, 1.165) is 0 Å². The lowest BCUT2D eigenvalue weighted by Gasteiger charge is -2.38. The quantitative estimate of drug-likeness (QED) is 0.338. The molecule has 4 nitrogen and oxygen atoms in total. The molecule has 5 heteroatoms. The predicted molar refractivity (Wildman–Crippen MR) is 85.8 cm³/mol. The third-order valence-corrected chi connectivity index (χ3v) is 8.00. The SMILES string of the molecule is C/C=C/[C@H](C/C=C/C(=O)NOC)O[Si](C)(C)C(C)(C)C. The van der Waals surface area contributed by atoms with E-state index in [0.29, 0.717) is 6.42 Å². The van der Waals surface area contributed by atoms with Crippen molar-refractivity contribution < 1.29 is 14.1 Å². The van der Waals surface area contributed by atoms with Crippen LogP contribution in [-0.2, 0) is 14.1 Å². The zero-order chi connectivity index (χ0) is 15.8. The van der Waals surface area contributed by atoms with Gasteiger partial charge in [-0.2, -0.15) is 0 Å². The molecule has 0 spiro atoms. The van der Waals surface area contributed by atoms with Crippen molar-refractivity contribution >= 4 is 14.2 Å². The molecule has 0 aliphatic rings. The molecule has 1 amide bonds. The van der Waals surface area contributed by atoms with Gasteiger partial charge in [0.25, 0.3) is 5.91 Å². The van der Waals surface area contributed by atoms with Gasteiger partial charge in [0.1, 0.15) is 0 Å². The number of hydroxylamine groups is 1. The summed E-state index contributed by atoms with van der Waals surface area (Å²) >= 11 is 0. The molecule has 0 rings (SSSR count). The van der Waals surface area contributed by atoms with E-state index in [1.54, 1.807) is 0 Å². The van der Waals surface area contributed by atoms with Crippen LogP contribution >= 0.6 is 0 Å². The molecule has 116 valence electrons. The Morgan fingerprint density at radius 2 is 1.95 bits per heavy atom. The lowest BCUT2D eigenvalue weighted by atomic mass is 10.2. The molecule has 1 atom stereocenters. The average Bonchev–Trinajstić information content (AvgIpc) is 2.27. The number of carbonyl (C=O) groups is 1. The van der Waals surface area contributed by atoms with E-state index in [9.17, 15) is 4.79 Å². The number of hydrogen-bond donors (Lipinski definition) is 1. The van der Waals surface area contributed by atoms with Gasteiger partial charge in [0.2, 0.25) is 0 Å². The van der Waals surface area contributed by atoms with E-state index in [-0.39, 0.29) is 17.0 Å². The fourth-order valence-electron chi connectivity index (χ4n) is 1.38. The van der Waals surface area contributed by atoms with Gasteiger partial charge in [-0.15, -0.1) is 0 Å². The summed E-state index contributed by atoms with van der Waals surface area (Å²) in [5.41, 5.74) is 2.25. The van der Waals surface area contributed by atoms with E-state index >= 15 is 0 Å². The highest BCUT2D eigenvalue weighted by Crippen LogP contribution is 2.37. The van der Waals surface area contributed by atoms with Gasteiger partial charge in [-0.25, -0.2) is 5.48 Å². The van der Waals surface area contributed by atoms with E-state index in [1.165, 1.54) is 13.2 Å². The molecule has 0 unspecified atom stereocenters. The van der Waals surface area contributed by atoms with Crippen molar-refractivity contribution in [3.63, 3.8) is 0 Å². The fraction of sp³-hybridized carbons (Fsp3) is 0.667. The molecule has 0 aromatic rings. The van der Waals surface area contributed by atoms with Crippen LogP contribution < -0.4 is 5.48 Å². The molecule has 0 radical (unpaired) electrons. The van der Waals surface area contributed by atoms with Crippen LogP contribution in [-0.4, -0.2) is 27.4 Å². The van der Waals surface area contributed by atoms with Crippen LogP contribution in [0, 0.1) is 0 Å². The molecule has 0 bridgehead atoms. The Morgan fingerprint density at radius 1 is 1.35 bits per heavy atom.